The van der Waals surface area contributed by atoms with Crippen molar-refractivity contribution in [3.63, 3.8) is 0 Å². The van der Waals surface area contributed by atoms with E-state index in [1.807, 2.05) is 42.5 Å². The van der Waals surface area contributed by atoms with E-state index in [4.69, 9.17) is 4.74 Å². The van der Waals surface area contributed by atoms with Gasteiger partial charge in [0.1, 0.15) is 5.75 Å². The van der Waals surface area contributed by atoms with Crippen LogP contribution in [0.25, 0.3) is 0 Å². The first-order chi connectivity index (χ1) is 11.8. The molecule has 2 N–H and O–H groups in total. The van der Waals surface area contributed by atoms with Crippen LogP contribution in [0, 0.1) is 0 Å². The number of rotatable bonds is 6. The van der Waals surface area contributed by atoms with Crippen LogP contribution in [0.5, 0.6) is 5.75 Å². The van der Waals surface area contributed by atoms with Gasteiger partial charge in [-0.15, -0.1) is 5.10 Å². The second-order valence-corrected chi connectivity index (χ2v) is 5.27. The van der Waals surface area contributed by atoms with E-state index >= 15 is 0 Å². The molecule has 3 rings (SSSR count). The molecule has 122 valence electrons. The molecule has 0 saturated carbocycles. The molecule has 0 radical (unpaired) electrons. The maximum absolute atomic E-state index is 5.33. The molecule has 1 unspecified atom stereocenters. The Morgan fingerprint density at radius 3 is 2.54 bits per heavy atom. The van der Waals surface area contributed by atoms with Gasteiger partial charge in [0.05, 0.1) is 25.0 Å². The maximum Gasteiger partial charge on any atom is 0.245 e. The average Bonchev–Trinajstić information content (AvgIpc) is 2.63. The van der Waals surface area contributed by atoms with Crippen molar-refractivity contribution in [3.8, 4) is 5.75 Å². The van der Waals surface area contributed by atoms with Crippen LogP contribution in [0.3, 0.4) is 0 Å². The lowest BCUT2D eigenvalue weighted by atomic mass is 10.1. The number of methoxy groups -OCH3 is 1. The van der Waals surface area contributed by atoms with E-state index in [9.17, 15) is 0 Å². The standard InChI is InChI=1S/C18H19N5O/c1-13(14-8-4-3-5-9-14)20-18-22-17(12-19-23-18)21-15-10-6-7-11-16(15)24-2/h3-13H,1-2H3,(H2,20,21,22,23). The van der Waals surface area contributed by atoms with Crippen molar-refractivity contribution in [1.29, 1.82) is 0 Å². The fourth-order valence-corrected chi connectivity index (χ4v) is 2.33. The molecule has 24 heavy (non-hydrogen) atoms. The molecule has 1 aromatic heterocycles. The zero-order valence-electron chi connectivity index (χ0n) is 13.6. The van der Waals surface area contributed by atoms with E-state index in [2.05, 4.69) is 44.9 Å². The number of aromatic nitrogens is 3. The van der Waals surface area contributed by atoms with Gasteiger partial charge in [-0.05, 0) is 24.6 Å². The van der Waals surface area contributed by atoms with Gasteiger partial charge in [0.15, 0.2) is 5.82 Å². The van der Waals surface area contributed by atoms with Crippen molar-refractivity contribution in [1.82, 2.24) is 15.2 Å². The van der Waals surface area contributed by atoms with E-state index in [0.29, 0.717) is 11.8 Å². The summed E-state index contributed by atoms with van der Waals surface area (Å²) in [7, 11) is 1.63. The van der Waals surface area contributed by atoms with Crippen LogP contribution in [0.2, 0.25) is 0 Å². The first kappa shape index (κ1) is 15.7. The van der Waals surface area contributed by atoms with Gasteiger partial charge in [-0.25, -0.2) is 0 Å². The van der Waals surface area contributed by atoms with Crippen LogP contribution in [0.1, 0.15) is 18.5 Å². The molecular weight excluding hydrogens is 302 g/mol. The second kappa shape index (κ2) is 7.41. The Hall–Kier alpha value is -3.15. The Balaban J connectivity index is 1.74. The first-order valence-electron chi connectivity index (χ1n) is 7.67. The van der Waals surface area contributed by atoms with Gasteiger partial charge >= 0.3 is 0 Å². The SMILES string of the molecule is COc1ccccc1Nc1cnnc(NC(C)c2ccccc2)n1. The largest absolute Gasteiger partial charge is 0.495 e. The molecule has 0 aliphatic carbocycles. The predicted molar refractivity (Wildman–Crippen MR) is 94.6 cm³/mol. The van der Waals surface area contributed by atoms with Crippen molar-refractivity contribution in [2.24, 2.45) is 0 Å². The number of anilines is 3. The highest BCUT2D eigenvalue weighted by Crippen LogP contribution is 2.26. The summed E-state index contributed by atoms with van der Waals surface area (Å²) in [5, 5.41) is 14.5. The molecular formula is C18H19N5O. The van der Waals surface area contributed by atoms with Crippen molar-refractivity contribution >= 4 is 17.5 Å². The molecule has 1 heterocycles. The molecule has 0 fully saturated rings. The maximum atomic E-state index is 5.33. The molecule has 0 saturated heterocycles. The highest BCUT2D eigenvalue weighted by molar-refractivity contribution is 5.63. The van der Waals surface area contributed by atoms with Gasteiger partial charge in [0, 0.05) is 0 Å². The molecule has 0 aliphatic heterocycles. The number of benzene rings is 2. The molecule has 0 bridgehead atoms. The summed E-state index contributed by atoms with van der Waals surface area (Å²) in [6, 6.07) is 17.8. The fraction of sp³-hybridized carbons (Fsp3) is 0.167. The van der Waals surface area contributed by atoms with Crippen LogP contribution >= 0.6 is 0 Å². The molecule has 6 heteroatoms. The lowest BCUT2D eigenvalue weighted by Crippen LogP contribution is -2.11. The van der Waals surface area contributed by atoms with Gasteiger partial charge < -0.3 is 15.4 Å². The predicted octanol–water partition coefficient (Wildman–Crippen LogP) is 3.80. The lowest BCUT2D eigenvalue weighted by Gasteiger charge is -2.14. The van der Waals surface area contributed by atoms with Crippen molar-refractivity contribution in [2.45, 2.75) is 13.0 Å². The highest BCUT2D eigenvalue weighted by Gasteiger charge is 2.09. The highest BCUT2D eigenvalue weighted by atomic mass is 16.5. The Kier molecular flexibility index (Phi) is 4.86. The summed E-state index contributed by atoms with van der Waals surface area (Å²) in [5.74, 6) is 1.80. The molecule has 0 amide bonds. The van der Waals surface area contributed by atoms with Gasteiger partial charge in [-0.2, -0.15) is 10.1 Å². The van der Waals surface area contributed by atoms with Crippen LogP contribution in [0.15, 0.2) is 60.8 Å². The van der Waals surface area contributed by atoms with Crippen molar-refractivity contribution in [2.75, 3.05) is 17.7 Å². The van der Waals surface area contributed by atoms with Crippen LogP contribution in [0.4, 0.5) is 17.5 Å². The topological polar surface area (TPSA) is 72.0 Å². The van der Waals surface area contributed by atoms with Gasteiger partial charge in [-0.1, -0.05) is 42.5 Å². The third kappa shape index (κ3) is 3.78. The number of nitrogens with zero attached hydrogens (tertiary/aromatic N) is 3. The van der Waals surface area contributed by atoms with Crippen molar-refractivity contribution < 1.29 is 4.74 Å². The third-order valence-electron chi connectivity index (χ3n) is 3.57. The summed E-state index contributed by atoms with van der Waals surface area (Å²) >= 11 is 0. The number of hydrogen-bond donors (Lipinski definition) is 2. The minimum Gasteiger partial charge on any atom is -0.495 e. The van der Waals surface area contributed by atoms with Crippen molar-refractivity contribution in [3.05, 3.63) is 66.4 Å². The summed E-state index contributed by atoms with van der Waals surface area (Å²) in [4.78, 5) is 4.46. The van der Waals surface area contributed by atoms with Crippen LogP contribution in [-0.4, -0.2) is 22.3 Å². The Bertz CT molecular complexity index is 794. The number of nitrogens with one attached hydrogen (secondary N) is 2. The minimum atomic E-state index is 0.0783. The normalized spacial score (nSPS) is 11.6. The fourth-order valence-electron chi connectivity index (χ4n) is 2.33. The quantitative estimate of drug-likeness (QED) is 0.719. The second-order valence-electron chi connectivity index (χ2n) is 5.27. The molecule has 0 spiro atoms. The Morgan fingerprint density at radius 2 is 1.75 bits per heavy atom. The number of hydrogen-bond acceptors (Lipinski definition) is 6. The summed E-state index contributed by atoms with van der Waals surface area (Å²) < 4.78 is 5.33. The van der Waals surface area contributed by atoms with E-state index in [1.54, 1.807) is 13.3 Å². The van der Waals surface area contributed by atoms with E-state index < -0.39 is 0 Å². The summed E-state index contributed by atoms with van der Waals surface area (Å²) in [6.07, 6.45) is 1.57. The van der Waals surface area contributed by atoms with Gasteiger partial charge in [-0.3, -0.25) is 0 Å². The van der Waals surface area contributed by atoms with Gasteiger partial charge in [0.2, 0.25) is 5.95 Å². The van der Waals surface area contributed by atoms with Crippen LogP contribution < -0.4 is 15.4 Å². The monoisotopic (exact) mass is 321 g/mol. The zero-order valence-corrected chi connectivity index (χ0v) is 13.6. The minimum absolute atomic E-state index is 0.0783. The van der Waals surface area contributed by atoms with E-state index in [1.165, 1.54) is 0 Å². The molecule has 6 nitrogen and oxygen atoms in total. The molecule has 3 aromatic rings. The van der Waals surface area contributed by atoms with E-state index in [-0.39, 0.29) is 6.04 Å². The average molecular weight is 321 g/mol. The van der Waals surface area contributed by atoms with E-state index in [0.717, 1.165) is 17.0 Å². The Labute approximate surface area is 140 Å². The van der Waals surface area contributed by atoms with Crippen LogP contribution in [-0.2, 0) is 0 Å². The lowest BCUT2D eigenvalue weighted by molar-refractivity contribution is 0.417. The zero-order chi connectivity index (χ0) is 16.8. The third-order valence-corrected chi connectivity index (χ3v) is 3.57. The number of para-hydroxylation sites is 2. The smallest absolute Gasteiger partial charge is 0.245 e. The summed E-state index contributed by atoms with van der Waals surface area (Å²) in [5.41, 5.74) is 1.98. The number of ether oxygens (including phenoxy) is 1. The molecule has 0 aliphatic rings. The molecule has 1 atom stereocenters. The molecule has 2 aromatic carbocycles. The Morgan fingerprint density at radius 1 is 1.00 bits per heavy atom. The summed E-state index contributed by atoms with van der Waals surface area (Å²) in [6.45, 7) is 2.05. The van der Waals surface area contributed by atoms with Gasteiger partial charge in [0.25, 0.3) is 0 Å². The first-order valence-corrected chi connectivity index (χ1v) is 7.67.